The van der Waals surface area contributed by atoms with Gasteiger partial charge in [0.2, 0.25) is 0 Å². The van der Waals surface area contributed by atoms with Crippen molar-refractivity contribution in [3.05, 3.63) is 28.0 Å². The molecule has 3 nitrogen and oxygen atoms in total. The number of aliphatic carboxylic acids is 1. The van der Waals surface area contributed by atoms with Gasteiger partial charge < -0.3 is 5.11 Å². The van der Waals surface area contributed by atoms with Crippen LogP contribution in [-0.2, 0) is 17.1 Å². The molecule has 88 valence electrons. The van der Waals surface area contributed by atoms with Crippen molar-refractivity contribution in [3.63, 3.8) is 0 Å². The summed E-state index contributed by atoms with van der Waals surface area (Å²) in [5, 5.41) is 8.14. The van der Waals surface area contributed by atoms with Crippen LogP contribution in [0.3, 0.4) is 0 Å². The summed E-state index contributed by atoms with van der Waals surface area (Å²) in [6.45, 7) is 0. The Balaban J connectivity index is 3.20. The quantitative estimate of drug-likeness (QED) is 0.675. The predicted molar refractivity (Wildman–Crippen MR) is 55.1 cm³/mol. The second-order valence-electron chi connectivity index (χ2n) is 2.98. The summed E-state index contributed by atoms with van der Waals surface area (Å²) in [7, 11) is 0. The molecule has 0 radical (unpaired) electrons. The molecule has 1 rings (SSSR count). The molecule has 0 saturated heterocycles. The highest BCUT2D eigenvalue weighted by atomic mass is 35.5. The van der Waals surface area contributed by atoms with Crippen LogP contribution in [-0.4, -0.2) is 16.1 Å². The lowest BCUT2D eigenvalue weighted by Crippen LogP contribution is -2.06. The van der Waals surface area contributed by atoms with E-state index >= 15 is 0 Å². The summed E-state index contributed by atoms with van der Waals surface area (Å²) in [6.07, 6.45) is -3.17. The monoisotopic (exact) mass is 269 g/mol. The van der Waals surface area contributed by atoms with Gasteiger partial charge in [0, 0.05) is 5.88 Å². The van der Waals surface area contributed by atoms with Crippen molar-refractivity contribution in [2.24, 2.45) is 0 Å². The number of nitrogens with zero attached hydrogens (tertiary/aromatic N) is 1. The van der Waals surface area contributed by atoms with E-state index in [1.165, 1.54) is 6.07 Å². The van der Waals surface area contributed by atoms with Gasteiger partial charge in [-0.1, -0.05) is 11.6 Å². The maximum atomic E-state index is 12.6. The SMILES string of the molecule is O=C(O)Cc1cc(CCl)c(C(F)F)c(Cl)n1. The molecular weight excluding hydrogens is 263 g/mol. The fourth-order valence-corrected chi connectivity index (χ4v) is 1.75. The van der Waals surface area contributed by atoms with Crippen molar-refractivity contribution in [1.82, 2.24) is 4.98 Å². The smallest absolute Gasteiger partial charge is 0.309 e. The summed E-state index contributed by atoms with van der Waals surface area (Å²) in [4.78, 5) is 14.0. The molecule has 0 aliphatic carbocycles. The van der Waals surface area contributed by atoms with E-state index in [9.17, 15) is 13.6 Å². The lowest BCUT2D eigenvalue weighted by atomic mass is 10.1. The number of alkyl halides is 3. The minimum atomic E-state index is -2.78. The van der Waals surface area contributed by atoms with E-state index in [-0.39, 0.29) is 23.6 Å². The van der Waals surface area contributed by atoms with Gasteiger partial charge in [-0.05, 0) is 11.6 Å². The first-order valence-corrected chi connectivity index (χ1v) is 5.11. The minimum Gasteiger partial charge on any atom is -0.481 e. The van der Waals surface area contributed by atoms with Crippen LogP contribution in [0.15, 0.2) is 6.07 Å². The number of hydrogen-bond donors (Lipinski definition) is 1. The van der Waals surface area contributed by atoms with Gasteiger partial charge in [0.05, 0.1) is 17.7 Å². The van der Waals surface area contributed by atoms with E-state index < -0.39 is 23.1 Å². The van der Waals surface area contributed by atoms with Crippen LogP contribution < -0.4 is 0 Å². The highest BCUT2D eigenvalue weighted by Crippen LogP contribution is 2.30. The number of carboxylic acid groups (broad SMARTS) is 1. The third kappa shape index (κ3) is 3.02. The average molecular weight is 270 g/mol. The molecule has 0 fully saturated rings. The Labute approximate surface area is 100 Å². The molecule has 0 amide bonds. The number of hydrogen-bond acceptors (Lipinski definition) is 2. The van der Waals surface area contributed by atoms with E-state index in [0.29, 0.717) is 0 Å². The molecule has 16 heavy (non-hydrogen) atoms. The zero-order chi connectivity index (χ0) is 12.3. The van der Waals surface area contributed by atoms with E-state index in [1.807, 2.05) is 0 Å². The summed E-state index contributed by atoms with van der Waals surface area (Å²) in [5.41, 5.74) is -0.226. The van der Waals surface area contributed by atoms with Gasteiger partial charge in [0.15, 0.2) is 0 Å². The van der Waals surface area contributed by atoms with Gasteiger partial charge in [-0.15, -0.1) is 11.6 Å². The van der Waals surface area contributed by atoms with Crippen LogP contribution in [0.1, 0.15) is 23.2 Å². The molecule has 0 aliphatic heterocycles. The first-order chi connectivity index (χ1) is 7.45. The van der Waals surface area contributed by atoms with E-state index in [1.54, 1.807) is 0 Å². The van der Waals surface area contributed by atoms with E-state index in [4.69, 9.17) is 28.3 Å². The van der Waals surface area contributed by atoms with Crippen LogP contribution >= 0.6 is 23.2 Å². The molecule has 0 spiro atoms. The first-order valence-electron chi connectivity index (χ1n) is 4.19. The van der Waals surface area contributed by atoms with Crippen molar-refractivity contribution >= 4 is 29.2 Å². The molecule has 1 N–H and O–H groups in total. The minimum absolute atomic E-state index is 0.105. The fraction of sp³-hybridized carbons (Fsp3) is 0.333. The highest BCUT2D eigenvalue weighted by molar-refractivity contribution is 6.30. The molecule has 0 aromatic carbocycles. The standard InChI is InChI=1S/C9H7Cl2F2NO2/c10-3-4-1-5(2-6(15)16)14-8(11)7(4)9(12)13/h1,9H,2-3H2,(H,15,16). The molecule has 0 saturated carbocycles. The summed E-state index contributed by atoms with van der Waals surface area (Å²) < 4.78 is 25.1. The Bertz CT molecular complexity index is 413. The molecule has 0 atom stereocenters. The molecule has 0 aliphatic rings. The van der Waals surface area contributed by atoms with Gasteiger partial charge >= 0.3 is 5.97 Å². The van der Waals surface area contributed by atoms with Crippen molar-refractivity contribution in [1.29, 1.82) is 0 Å². The number of halogens is 4. The summed E-state index contributed by atoms with van der Waals surface area (Å²) >= 11 is 11.0. The number of pyridine rings is 1. The van der Waals surface area contributed by atoms with Gasteiger partial charge in [0.25, 0.3) is 6.43 Å². The van der Waals surface area contributed by atoms with Crippen LogP contribution in [0.25, 0.3) is 0 Å². The number of rotatable bonds is 4. The Hall–Kier alpha value is -0.940. The first kappa shape index (κ1) is 13.1. The maximum absolute atomic E-state index is 12.6. The predicted octanol–water partition coefficient (Wildman–Crippen LogP) is 3.04. The number of carbonyl (C=O) groups is 1. The second-order valence-corrected chi connectivity index (χ2v) is 3.61. The third-order valence-corrected chi connectivity index (χ3v) is 2.42. The van der Waals surface area contributed by atoms with Crippen LogP contribution in [0.2, 0.25) is 5.15 Å². The average Bonchev–Trinajstić information content (AvgIpc) is 2.14. The number of carboxylic acids is 1. The van der Waals surface area contributed by atoms with Gasteiger partial charge in [0.1, 0.15) is 5.15 Å². The molecule has 1 aromatic heterocycles. The Morgan fingerprint density at radius 3 is 2.62 bits per heavy atom. The summed E-state index contributed by atoms with van der Waals surface area (Å²) in [5.74, 6) is -1.29. The van der Waals surface area contributed by atoms with Crippen molar-refractivity contribution < 1.29 is 18.7 Å². The second kappa shape index (κ2) is 5.41. The molecule has 0 unspecified atom stereocenters. The Kier molecular flexibility index (Phi) is 4.44. The third-order valence-electron chi connectivity index (χ3n) is 1.85. The van der Waals surface area contributed by atoms with Gasteiger partial charge in [-0.2, -0.15) is 0 Å². The van der Waals surface area contributed by atoms with Gasteiger partial charge in [-0.3, -0.25) is 4.79 Å². The Morgan fingerprint density at radius 1 is 1.56 bits per heavy atom. The molecule has 0 bridgehead atoms. The van der Waals surface area contributed by atoms with E-state index in [0.717, 1.165) is 0 Å². The highest BCUT2D eigenvalue weighted by Gasteiger charge is 2.19. The molecule has 7 heteroatoms. The van der Waals surface area contributed by atoms with Crippen molar-refractivity contribution in [3.8, 4) is 0 Å². The zero-order valence-corrected chi connectivity index (χ0v) is 9.40. The fourth-order valence-electron chi connectivity index (χ4n) is 1.22. The maximum Gasteiger partial charge on any atom is 0.309 e. The summed E-state index contributed by atoms with van der Waals surface area (Å²) in [6, 6.07) is 1.23. The zero-order valence-electron chi connectivity index (χ0n) is 7.88. The Morgan fingerprint density at radius 2 is 2.19 bits per heavy atom. The lowest BCUT2D eigenvalue weighted by Gasteiger charge is -2.09. The van der Waals surface area contributed by atoms with Crippen LogP contribution in [0, 0.1) is 0 Å². The van der Waals surface area contributed by atoms with Crippen LogP contribution in [0.5, 0.6) is 0 Å². The lowest BCUT2D eigenvalue weighted by molar-refractivity contribution is -0.136. The topological polar surface area (TPSA) is 50.2 Å². The van der Waals surface area contributed by atoms with E-state index in [2.05, 4.69) is 4.98 Å². The molecular formula is C9H7Cl2F2NO2. The van der Waals surface area contributed by atoms with Crippen molar-refractivity contribution in [2.75, 3.05) is 0 Å². The number of aromatic nitrogens is 1. The van der Waals surface area contributed by atoms with Crippen LogP contribution in [0.4, 0.5) is 8.78 Å². The largest absolute Gasteiger partial charge is 0.481 e. The van der Waals surface area contributed by atoms with Crippen molar-refractivity contribution in [2.45, 2.75) is 18.7 Å². The molecule has 1 aromatic rings. The van der Waals surface area contributed by atoms with Gasteiger partial charge in [-0.25, -0.2) is 13.8 Å². The normalized spacial score (nSPS) is 10.8. The molecule has 1 heterocycles.